The Morgan fingerprint density at radius 2 is 2.33 bits per heavy atom. The number of esters is 1. The molecule has 4 nitrogen and oxygen atoms in total. The molecule has 1 aromatic carbocycles. The molecule has 0 aromatic heterocycles. The quantitative estimate of drug-likeness (QED) is 0.828. The number of carbonyl (C=O) groups is 1. The topological polar surface area (TPSA) is 49.8 Å². The average Bonchev–Trinajstić information content (AvgIpc) is 2.38. The molecular weight excluding hydrogens is 230 g/mol. The molecule has 0 radical (unpaired) electrons. The number of benzene rings is 1. The van der Waals surface area contributed by atoms with Crippen LogP contribution in [0.25, 0.3) is 0 Å². The number of ether oxygens (including phenoxy) is 1. The summed E-state index contributed by atoms with van der Waals surface area (Å²) in [6.45, 7) is 3.06. The second kappa shape index (κ2) is 5.40. The first-order valence-electron chi connectivity index (χ1n) is 6.32. The highest BCUT2D eigenvalue weighted by Gasteiger charge is 2.21. The molecule has 0 spiro atoms. The number of hydrogen-bond acceptors (Lipinski definition) is 4. The van der Waals surface area contributed by atoms with Crippen molar-refractivity contribution in [3.8, 4) is 0 Å². The lowest BCUT2D eigenvalue weighted by Crippen LogP contribution is -2.25. The fourth-order valence-corrected chi connectivity index (χ4v) is 2.33. The summed E-state index contributed by atoms with van der Waals surface area (Å²) in [6.07, 6.45) is 0.911. The van der Waals surface area contributed by atoms with Gasteiger partial charge in [-0.05, 0) is 37.0 Å². The number of carbonyl (C=O) groups excluding carboxylic acids is 1. The van der Waals surface area contributed by atoms with Crippen molar-refractivity contribution >= 4 is 11.7 Å². The first-order valence-corrected chi connectivity index (χ1v) is 6.32. The third-order valence-electron chi connectivity index (χ3n) is 3.28. The second-order valence-corrected chi connectivity index (χ2v) is 4.57. The smallest absolute Gasteiger partial charge is 0.339 e. The molecule has 0 amide bonds. The molecule has 0 fully saturated rings. The van der Waals surface area contributed by atoms with Crippen LogP contribution in [0.3, 0.4) is 0 Å². The lowest BCUT2D eigenvalue weighted by Gasteiger charge is -2.28. The van der Waals surface area contributed by atoms with Gasteiger partial charge < -0.3 is 14.7 Å². The van der Waals surface area contributed by atoms with E-state index in [9.17, 15) is 9.90 Å². The van der Waals surface area contributed by atoms with E-state index in [2.05, 4.69) is 11.9 Å². The van der Waals surface area contributed by atoms with Gasteiger partial charge >= 0.3 is 5.97 Å². The van der Waals surface area contributed by atoms with Gasteiger partial charge in [0.15, 0.2) is 6.10 Å². The van der Waals surface area contributed by atoms with E-state index in [1.807, 2.05) is 12.1 Å². The molecule has 1 aliphatic rings. The highest BCUT2D eigenvalue weighted by Crippen LogP contribution is 2.29. The summed E-state index contributed by atoms with van der Waals surface area (Å²) in [7, 11) is 2.06. The number of nitrogens with zero attached hydrogens (tertiary/aromatic N) is 1. The molecule has 1 aromatic rings. The van der Waals surface area contributed by atoms with Crippen molar-refractivity contribution in [3.05, 3.63) is 29.3 Å². The van der Waals surface area contributed by atoms with Crippen molar-refractivity contribution in [1.82, 2.24) is 0 Å². The molecule has 0 bridgehead atoms. The maximum atomic E-state index is 11.5. The van der Waals surface area contributed by atoms with Crippen LogP contribution in [-0.2, 0) is 16.0 Å². The molecule has 0 aliphatic carbocycles. The first-order chi connectivity index (χ1) is 8.63. The van der Waals surface area contributed by atoms with E-state index in [0.717, 1.165) is 19.4 Å². The SMILES string of the molecule is CCOC(=O)C(O)c1ccc2c(c1)CCCN2C. The summed E-state index contributed by atoms with van der Waals surface area (Å²) in [5, 5.41) is 9.90. The van der Waals surface area contributed by atoms with Crippen molar-refractivity contribution in [2.24, 2.45) is 0 Å². The van der Waals surface area contributed by atoms with Gasteiger partial charge in [0.05, 0.1) is 6.61 Å². The van der Waals surface area contributed by atoms with Crippen LogP contribution in [0.15, 0.2) is 18.2 Å². The molecule has 1 N–H and O–H groups in total. The van der Waals surface area contributed by atoms with Crippen molar-refractivity contribution in [1.29, 1.82) is 0 Å². The maximum absolute atomic E-state index is 11.5. The molecule has 1 unspecified atom stereocenters. The Morgan fingerprint density at radius 3 is 3.06 bits per heavy atom. The van der Waals surface area contributed by atoms with Gasteiger partial charge in [0, 0.05) is 19.3 Å². The van der Waals surface area contributed by atoms with E-state index in [0.29, 0.717) is 5.56 Å². The highest BCUT2D eigenvalue weighted by molar-refractivity contribution is 5.76. The van der Waals surface area contributed by atoms with Crippen LogP contribution in [0.4, 0.5) is 5.69 Å². The van der Waals surface area contributed by atoms with Gasteiger partial charge in [0.1, 0.15) is 0 Å². The molecule has 2 rings (SSSR count). The molecule has 0 saturated heterocycles. The van der Waals surface area contributed by atoms with Crippen molar-refractivity contribution < 1.29 is 14.6 Å². The molecule has 0 saturated carbocycles. The summed E-state index contributed by atoms with van der Waals surface area (Å²) in [5.74, 6) is -0.582. The zero-order valence-corrected chi connectivity index (χ0v) is 10.8. The first kappa shape index (κ1) is 12.9. The Labute approximate surface area is 107 Å². The number of aliphatic hydroxyl groups excluding tert-OH is 1. The third kappa shape index (κ3) is 2.48. The minimum absolute atomic E-state index is 0.281. The minimum Gasteiger partial charge on any atom is -0.464 e. The summed E-state index contributed by atoms with van der Waals surface area (Å²) >= 11 is 0. The number of fused-ring (bicyclic) bond motifs is 1. The average molecular weight is 249 g/mol. The van der Waals surface area contributed by atoms with Gasteiger partial charge in [0.25, 0.3) is 0 Å². The molecule has 4 heteroatoms. The van der Waals surface area contributed by atoms with Gasteiger partial charge in [-0.25, -0.2) is 4.79 Å². The Kier molecular flexibility index (Phi) is 3.87. The zero-order chi connectivity index (χ0) is 13.1. The van der Waals surface area contributed by atoms with Crippen molar-refractivity contribution in [3.63, 3.8) is 0 Å². The van der Waals surface area contributed by atoms with E-state index in [1.165, 1.54) is 11.3 Å². The fourth-order valence-electron chi connectivity index (χ4n) is 2.33. The zero-order valence-electron chi connectivity index (χ0n) is 10.8. The van der Waals surface area contributed by atoms with Gasteiger partial charge in [-0.1, -0.05) is 12.1 Å². The molecule has 98 valence electrons. The minimum atomic E-state index is -1.18. The number of anilines is 1. The van der Waals surface area contributed by atoms with Crippen molar-refractivity contribution in [2.75, 3.05) is 25.1 Å². The number of rotatable bonds is 3. The monoisotopic (exact) mass is 249 g/mol. The van der Waals surface area contributed by atoms with Gasteiger partial charge in [-0.3, -0.25) is 0 Å². The predicted octanol–water partition coefficient (Wildman–Crippen LogP) is 1.67. The lowest BCUT2D eigenvalue weighted by molar-refractivity contribution is -0.153. The predicted molar refractivity (Wildman–Crippen MR) is 69.6 cm³/mol. The Hall–Kier alpha value is -1.55. The van der Waals surface area contributed by atoms with Gasteiger partial charge in [-0.15, -0.1) is 0 Å². The van der Waals surface area contributed by atoms with Crippen LogP contribution in [0.5, 0.6) is 0 Å². The third-order valence-corrected chi connectivity index (χ3v) is 3.28. The van der Waals surface area contributed by atoms with Gasteiger partial charge in [-0.2, -0.15) is 0 Å². The highest BCUT2D eigenvalue weighted by atomic mass is 16.5. The molecule has 1 atom stereocenters. The summed E-state index contributed by atoms with van der Waals surface area (Å²) in [6, 6.07) is 5.67. The molecule has 1 aliphatic heterocycles. The molecule has 18 heavy (non-hydrogen) atoms. The Morgan fingerprint density at radius 1 is 1.56 bits per heavy atom. The van der Waals surface area contributed by atoms with Crippen molar-refractivity contribution in [2.45, 2.75) is 25.9 Å². The second-order valence-electron chi connectivity index (χ2n) is 4.57. The summed E-state index contributed by atoms with van der Waals surface area (Å²) < 4.78 is 4.82. The lowest BCUT2D eigenvalue weighted by atomic mass is 9.97. The number of aliphatic hydroxyl groups is 1. The van der Waals surface area contributed by atoms with Crippen LogP contribution in [0.2, 0.25) is 0 Å². The molecular formula is C14H19NO3. The molecule has 1 heterocycles. The van der Waals surface area contributed by atoms with E-state index < -0.39 is 12.1 Å². The van der Waals surface area contributed by atoms with E-state index in [-0.39, 0.29) is 6.61 Å². The normalized spacial score (nSPS) is 16.1. The van der Waals surface area contributed by atoms with Crippen LogP contribution in [0, 0.1) is 0 Å². The van der Waals surface area contributed by atoms with Gasteiger partial charge in [0.2, 0.25) is 0 Å². The largest absolute Gasteiger partial charge is 0.464 e. The van der Waals surface area contributed by atoms with Crippen LogP contribution >= 0.6 is 0 Å². The summed E-state index contributed by atoms with van der Waals surface area (Å²) in [5.41, 5.74) is 2.98. The number of hydrogen-bond donors (Lipinski definition) is 1. The van der Waals surface area contributed by atoms with Crippen LogP contribution < -0.4 is 4.90 Å². The van der Waals surface area contributed by atoms with E-state index in [4.69, 9.17) is 4.74 Å². The Bertz CT molecular complexity index is 445. The van der Waals surface area contributed by atoms with E-state index >= 15 is 0 Å². The maximum Gasteiger partial charge on any atom is 0.339 e. The van der Waals surface area contributed by atoms with E-state index in [1.54, 1.807) is 13.0 Å². The fraction of sp³-hybridized carbons (Fsp3) is 0.500. The summed E-state index contributed by atoms with van der Waals surface area (Å²) in [4.78, 5) is 13.7. The Balaban J connectivity index is 2.23. The van der Waals surface area contributed by atoms with Crippen LogP contribution in [-0.4, -0.2) is 31.3 Å². The van der Waals surface area contributed by atoms with Crippen LogP contribution in [0.1, 0.15) is 30.6 Å². The standard InChI is InChI=1S/C14H19NO3/c1-3-18-14(17)13(16)11-6-7-12-10(9-11)5-4-8-15(12)2/h6-7,9,13,16H,3-5,8H2,1-2H3. The number of aryl methyl sites for hydroxylation is 1.